The van der Waals surface area contributed by atoms with Gasteiger partial charge in [-0.05, 0) is 19.6 Å². The zero-order chi connectivity index (χ0) is 14.3. The van der Waals surface area contributed by atoms with Crippen LogP contribution in [-0.4, -0.2) is 42.7 Å². The van der Waals surface area contributed by atoms with E-state index in [4.69, 9.17) is 4.74 Å². The standard InChI is InChI=1S/C13H22N2O2S2/c1-5-11(9-18-4)15(3)13-14-10(8-19-13)7-12(16)17-6-2/h8,11H,5-7,9H2,1-4H3. The molecule has 19 heavy (non-hydrogen) atoms. The summed E-state index contributed by atoms with van der Waals surface area (Å²) in [5.41, 5.74) is 0.796. The molecule has 1 unspecified atom stereocenters. The number of hydrogen-bond donors (Lipinski definition) is 0. The number of thioether (sulfide) groups is 1. The van der Waals surface area contributed by atoms with Crippen LogP contribution in [-0.2, 0) is 16.0 Å². The normalized spacial score (nSPS) is 12.2. The minimum absolute atomic E-state index is 0.210. The fourth-order valence-electron chi connectivity index (χ4n) is 1.75. The Morgan fingerprint density at radius 3 is 2.89 bits per heavy atom. The van der Waals surface area contributed by atoms with Crippen molar-refractivity contribution in [3.8, 4) is 0 Å². The molecule has 0 amide bonds. The van der Waals surface area contributed by atoms with Crippen molar-refractivity contribution in [2.45, 2.75) is 32.7 Å². The first-order valence-corrected chi connectivity index (χ1v) is 8.71. The summed E-state index contributed by atoms with van der Waals surface area (Å²) in [6.45, 7) is 4.41. The summed E-state index contributed by atoms with van der Waals surface area (Å²) in [6.07, 6.45) is 3.46. The Labute approximate surface area is 123 Å². The van der Waals surface area contributed by atoms with Crippen LogP contribution in [0.2, 0.25) is 0 Å². The van der Waals surface area contributed by atoms with Crippen molar-refractivity contribution in [2.24, 2.45) is 0 Å². The number of esters is 1. The maximum atomic E-state index is 11.4. The molecule has 0 spiro atoms. The summed E-state index contributed by atoms with van der Waals surface area (Å²) >= 11 is 3.43. The third-order valence-corrected chi connectivity index (χ3v) is 4.55. The van der Waals surface area contributed by atoms with Gasteiger partial charge in [0.15, 0.2) is 5.13 Å². The van der Waals surface area contributed by atoms with Crippen LogP contribution in [0, 0.1) is 0 Å². The average molecular weight is 302 g/mol. The topological polar surface area (TPSA) is 42.4 Å². The van der Waals surface area contributed by atoms with E-state index in [2.05, 4.69) is 30.1 Å². The molecule has 1 rings (SSSR count). The van der Waals surface area contributed by atoms with E-state index in [1.165, 1.54) is 0 Å². The Bertz CT molecular complexity index is 396. The highest BCUT2D eigenvalue weighted by atomic mass is 32.2. The Balaban J connectivity index is 2.64. The first-order chi connectivity index (χ1) is 9.12. The molecule has 0 aliphatic carbocycles. The van der Waals surface area contributed by atoms with Gasteiger partial charge in [-0.15, -0.1) is 11.3 Å². The number of aromatic nitrogens is 1. The molecule has 108 valence electrons. The fourth-order valence-corrected chi connectivity index (χ4v) is 3.46. The Hall–Kier alpha value is -0.750. The van der Waals surface area contributed by atoms with Gasteiger partial charge in [0.2, 0.25) is 0 Å². The number of anilines is 1. The summed E-state index contributed by atoms with van der Waals surface area (Å²) in [7, 11) is 2.07. The molecular weight excluding hydrogens is 280 g/mol. The van der Waals surface area contributed by atoms with E-state index in [9.17, 15) is 4.79 Å². The predicted molar refractivity (Wildman–Crippen MR) is 83.3 cm³/mol. The first-order valence-electron chi connectivity index (χ1n) is 6.44. The molecule has 1 atom stereocenters. The molecule has 0 N–H and O–H groups in total. The minimum atomic E-state index is -0.210. The Morgan fingerprint density at radius 2 is 2.32 bits per heavy atom. The van der Waals surface area contributed by atoms with Crippen LogP contribution in [0.25, 0.3) is 0 Å². The SMILES string of the molecule is CCOC(=O)Cc1csc(N(C)C(CC)CSC)n1. The number of carbonyl (C=O) groups excluding carboxylic acids is 1. The number of carbonyl (C=O) groups is 1. The van der Waals surface area contributed by atoms with Gasteiger partial charge < -0.3 is 9.64 Å². The third kappa shape index (κ3) is 5.03. The highest BCUT2D eigenvalue weighted by Crippen LogP contribution is 2.23. The van der Waals surface area contributed by atoms with Crippen LogP contribution in [0.4, 0.5) is 5.13 Å². The van der Waals surface area contributed by atoms with Crippen LogP contribution < -0.4 is 4.90 Å². The number of thiazole rings is 1. The van der Waals surface area contributed by atoms with E-state index >= 15 is 0 Å². The lowest BCUT2D eigenvalue weighted by Crippen LogP contribution is -2.33. The number of nitrogens with zero attached hydrogens (tertiary/aromatic N) is 2. The molecule has 0 aliphatic rings. The van der Waals surface area contributed by atoms with Crippen molar-refractivity contribution in [2.75, 3.05) is 30.6 Å². The molecule has 0 fully saturated rings. The van der Waals surface area contributed by atoms with Gasteiger partial charge in [0.25, 0.3) is 0 Å². The third-order valence-electron chi connectivity index (χ3n) is 2.85. The smallest absolute Gasteiger partial charge is 0.311 e. The van der Waals surface area contributed by atoms with E-state index in [0.29, 0.717) is 12.6 Å². The average Bonchev–Trinajstić information content (AvgIpc) is 2.83. The van der Waals surface area contributed by atoms with Gasteiger partial charge in [0.1, 0.15) is 0 Å². The van der Waals surface area contributed by atoms with E-state index < -0.39 is 0 Å². The minimum Gasteiger partial charge on any atom is -0.466 e. The number of hydrogen-bond acceptors (Lipinski definition) is 6. The van der Waals surface area contributed by atoms with Crippen LogP contribution in [0.3, 0.4) is 0 Å². The molecule has 0 radical (unpaired) electrons. The number of rotatable bonds is 8. The van der Waals surface area contributed by atoms with Gasteiger partial charge in [0.05, 0.1) is 18.7 Å². The van der Waals surface area contributed by atoms with Crippen molar-refractivity contribution in [1.82, 2.24) is 4.98 Å². The van der Waals surface area contributed by atoms with Crippen molar-refractivity contribution in [1.29, 1.82) is 0 Å². The lowest BCUT2D eigenvalue weighted by Gasteiger charge is -2.26. The Kier molecular flexibility index (Phi) is 7.23. The molecule has 0 aliphatic heterocycles. The van der Waals surface area contributed by atoms with Gasteiger partial charge >= 0.3 is 5.97 Å². The van der Waals surface area contributed by atoms with Crippen molar-refractivity contribution in [3.05, 3.63) is 11.1 Å². The van der Waals surface area contributed by atoms with E-state index in [-0.39, 0.29) is 12.4 Å². The maximum Gasteiger partial charge on any atom is 0.311 e. The van der Waals surface area contributed by atoms with E-state index in [0.717, 1.165) is 23.0 Å². The highest BCUT2D eigenvalue weighted by Gasteiger charge is 2.16. The van der Waals surface area contributed by atoms with Crippen LogP contribution >= 0.6 is 23.1 Å². The van der Waals surface area contributed by atoms with Gasteiger partial charge in [-0.3, -0.25) is 4.79 Å². The quantitative estimate of drug-likeness (QED) is 0.691. The fraction of sp³-hybridized carbons (Fsp3) is 0.692. The second-order valence-corrected chi connectivity index (χ2v) is 5.98. The maximum absolute atomic E-state index is 11.4. The molecular formula is C13H22N2O2S2. The van der Waals surface area contributed by atoms with Gasteiger partial charge in [0, 0.05) is 24.2 Å². The summed E-state index contributed by atoms with van der Waals surface area (Å²) in [4.78, 5) is 18.1. The van der Waals surface area contributed by atoms with Crippen LogP contribution in [0.5, 0.6) is 0 Å². The number of ether oxygens (including phenoxy) is 1. The summed E-state index contributed by atoms with van der Waals surface area (Å²) < 4.78 is 4.93. The summed E-state index contributed by atoms with van der Waals surface area (Å²) in [5.74, 6) is 0.873. The molecule has 6 heteroatoms. The first kappa shape index (κ1) is 16.3. The Morgan fingerprint density at radius 1 is 1.58 bits per heavy atom. The second-order valence-electron chi connectivity index (χ2n) is 4.23. The monoisotopic (exact) mass is 302 g/mol. The largest absolute Gasteiger partial charge is 0.466 e. The molecule has 1 aromatic heterocycles. The van der Waals surface area contributed by atoms with Crippen LogP contribution in [0.15, 0.2) is 5.38 Å². The lowest BCUT2D eigenvalue weighted by molar-refractivity contribution is -0.142. The highest BCUT2D eigenvalue weighted by molar-refractivity contribution is 7.98. The zero-order valence-electron chi connectivity index (χ0n) is 12.0. The lowest BCUT2D eigenvalue weighted by atomic mass is 10.2. The van der Waals surface area contributed by atoms with Gasteiger partial charge in [-0.25, -0.2) is 4.98 Å². The molecule has 0 saturated heterocycles. The van der Waals surface area contributed by atoms with E-state index in [1.807, 2.05) is 24.1 Å². The van der Waals surface area contributed by atoms with Crippen molar-refractivity contribution < 1.29 is 9.53 Å². The van der Waals surface area contributed by atoms with Gasteiger partial charge in [-0.2, -0.15) is 11.8 Å². The second kappa shape index (κ2) is 8.43. The van der Waals surface area contributed by atoms with Crippen molar-refractivity contribution >= 4 is 34.2 Å². The summed E-state index contributed by atoms with van der Waals surface area (Å²) in [6, 6.07) is 0.483. The predicted octanol–water partition coefficient (Wildman–Crippen LogP) is 2.83. The summed E-state index contributed by atoms with van der Waals surface area (Å²) in [5, 5.41) is 2.91. The van der Waals surface area contributed by atoms with E-state index in [1.54, 1.807) is 11.3 Å². The molecule has 4 nitrogen and oxygen atoms in total. The molecule has 0 saturated carbocycles. The molecule has 0 aromatic carbocycles. The molecule has 0 bridgehead atoms. The van der Waals surface area contributed by atoms with Crippen molar-refractivity contribution in [3.63, 3.8) is 0 Å². The molecule has 1 aromatic rings. The van der Waals surface area contributed by atoms with Crippen LogP contribution in [0.1, 0.15) is 26.0 Å². The van der Waals surface area contributed by atoms with Gasteiger partial charge in [-0.1, -0.05) is 6.92 Å². The molecule has 1 heterocycles. The zero-order valence-corrected chi connectivity index (χ0v) is 13.6.